The molecule has 0 N–H and O–H groups in total. The highest BCUT2D eigenvalue weighted by Crippen LogP contribution is 2.42. The van der Waals surface area contributed by atoms with Crippen LogP contribution in [-0.4, -0.2) is 56.5 Å². The quantitative estimate of drug-likeness (QED) is 0.560. The van der Waals surface area contributed by atoms with Crippen molar-refractivity contribution in [3.05, 3.63) is 42.1 Å². The van der Waals surface area contributed by atoms with Gasteiger partial charge in [-0.05, 0) is 36.4 Å². The number of ether oxygens (including phenoxy) is 5. The molecule has 1 heterocycles. The largest absolute Gasteiger partial charge is 0.497 e. The van der Waals surface area contributed by atoms with Crippen LogP contribution in [0.25, 0.3) is 16.9 Å². The summed E-state index contributed by atoms with van der Waals surface area (Å²) in [7, 11) is 7.42. The number of carbonyl (C=O) groups excluding carboxylic acids is 1. The van der Waals surface area contributed by atoms with E-state index in [1.165, 1.54) is 33.1 Å². The SMILES string of the molecule is COC(=O)c1nnn(-c2ccc(OC)cc2)c1-c1cc(OC)c(OC)c(OC)c1. The van der Waals surface area contributed by atoms with Gasteiger partial charge in [0.1, 0.15) is 11.4 Å². The first-order valence-corrected chi connectivity index (χ1v) is 8.56. The molecule has 1 aromatic heterocycles. The summed E-state index contributed by atoms with van der Waals surface area (Å²) in [4.78, 5) is 12.3. The van der Waals surface area contributed by atoms with E-state index < -0.39 is 5.97 Å². The van der Waals surface area contributed by atoms with Crippen molar-refractivity contribution in [1.82, 2.24) is 15.0 Å². The molecule has 0 saturated heterocycles. The molecular formula is C20H21N3O6. The number of rotatable bonds is 7. The molecule has 152 valence electrons. The number of hydrogen-bond donors (Lipinski definition) is 0. The number of nitrogens with zero attached hydrogens (tertiary/aromatic N) is 3. The third kappa shape index (κ3) is 3.66. The molecule has 29 heavy (non-hydrogen) atoms. The molecule has 0 spiro atoms. The zero-order valence-electron chi connectivity index (χ0n) is 16.8. The van der Waals surface area contributed by atoms with Crippen molar-refractivity contribution in [3.63, 3.8) is 0 Å². The number of carbonyl (C=O) groups is 1. The van der Waals surface area contributed by atoms with E-state index in [1.807, 2.05) is 0 Å². The summed E-state index contributed by atoms with van der Waals surface area (Å²) >= 11 is 0. The smallest absolute Gasteiger partial charge is 0.360 e. The molecule has 0 radical (unpaired) electrons. The van der Waals surface area contributed by atoms with E-state index in [1.54, 1.807) is 43.5 Å². The summed E-state index contributed by atoms with van der Waals surface area (Å²) in [6.45, 7) is 0. The Hall–Kier alpha value is -3.75. The van der Waals surface area contributed by atoms with Gasteiger partial charge in [0.15, 0.2) is 17.2 Å². The van der Waals surface area contributed by atoms with Crippen LogP contribution in [0, 0.1) is 0 Å². The summed E-state index contributed by atoms with van der Waals surface area (Å²) in [5.41, 5.74) is 1.73. The van der Waals surface area contributed by atoms with Crippen molar-refractivity contribution >= 4 is 5.97 Å². The Morgan fingerprint density at radius 2 is 1.48 bits per heavy atom. The second kappa shape index (κ2) is 8.51. The minimum absolute atomic E-state index is 0.0533. The van der Waals surface area contributed by atoms with Crippen LogP contribution >= 0.6 is 0 Å². The van der Waals surface area contributed by atoms with Gasteiger partial charge in [-0.2, -0.15) is 0 Å². The van der Waals surface area contributed by atoms with Crippen LogP contribution in [-0.2, 0) is 4.74 Å². The predicted octanol–water partition coefficient (Wildman–Crippen LogP) is 2.76. The van der Waals surface area contributed by atoms with Crippen LogP contribution in [0.3, 0.4) is 0 Å². The van der Waals surface area contributed by atoms with Gasteiger partial charge in [-0.3, -0.25) is 0 Å². The summed E-state index contributed by atoms with van der Waals surface area (Å²) < 4.78 is 27.9. The van der Waals surface area contributed by atoms with Gasteiger partial charge in [-0.1, -0.05) is 5.21 Å². The van der Waals surface area contributed by atoms with Crippen LogP contribution in [0.4, 0.5) is 0 Å². The maximum absolute atomic E-state index is 12.3. The maximum atomic E-state index is 12.3. The standard InChI is InChI=1S/C20H21N3O6/c1-25-14-8-6-13(7-9-14)23-18(17(21-22-23)20(24)29-5)12-10-15(26-2)19(28-4)16(11-12)27-3/h6-11H,1-5H3. The molecule has 0 saturated carbocycles. The molecule has 0 aliphatic rings. The number of methoxy groups -OCH3 is 5. The Bertz CT molecular complexity index is 989. The zero-order chi connectivity index (χ0) is 21.0. The van der Waals surface area contributed by atoms with Gasteiger partial charge in [0.2, 0.25) is 5.75 Å². The Morgan fingerprint density at radius 3 is 1.97 bits per heavy atom. The molecule has 0 fully saturated rings. The van der Waals surface area contributed by atoms with Crippen molar-refractivity contribution < 1.29 is 28.5 Å². The van der Waals surface area contributed by atoms with Crippen molar-refractivity contribution in [3.8, 4) is 39.9 Å². The maximum Gasteiger partial charge on any atom is 0.360 e. The highest BCUT2D eigenvalue weighted by atomic mass is 16.5. The van der Waals surface area contributed by atoms with Gasteiger partial charge in [-0.25, -0.2) is 9.48 Å². The monoisotopic (exact) mass is 399 g/mol. The van der Waals surface area contributed by atoms with E-state index in [0.29, 0.717) is 39.9 Å². The van der Waals surface area contributed by atoms with E-state index in [4.69, 9.17) is 23.7 Å². The van der Waals surface area contributed by atoms with Crippen LogP contribution < -0.4 is 18.9 Å². The molecule has 0 amide bonds. The second-order valence-electron chi connectivity index (χ2n) is 5.80. The topological polar surface area (TPSA) is 93.9 Å². The van der Waals surface area contributed by atoms with Gasteiger partial charge in [0.25, 0.3) is 0 Å². The Labute approximate surface area is 167 Å². The van der Waals surface area contributed by atoms with Crippen LogP contribution in [0.5, 0.6) is 23.0 Å². The molecule has 0 aliphatic carbocycles. The summed E-state index contributed by atoms with van der Waals surface area (Å²) in [5, 5.41) is 8.18. The first-order chi connectivity index (χ1) is 14.1. The van der Waals surface area contributed by atoms with E-state index in [9.17, 15) is 4.79 Å². The molecule has 3 rings (SSSR count). The van der Waals surface area contributed by atoms with Crippen LogP contribution in [0.2, 0.25) is 0 Å². The lowest BCUT2D eigenvalue weighted by Crippen LogP contribution is -2.06. The minimum Gasteiger partial charge on any atom is -0.497 e. The van der Waals surface area contributed by atoms with Gasteiger partial charge >= 0.3 is 5.97 Å². The number of aromatic nitrogens is 3. The third-order valence-corrected chi connectivity index (χ3v) is 4.30. The van der Waals surface area contributed by atoms with E-state index in [0.717, 1.165) is 0 Å². The van der Waals surface area contributed by atoms with Crippen LogP contribution in [0.1, 0.15) is 10.5 Å². The summed E-state index contributed by atoms with van der Waals surface area (Å²) in [6, 6.07) is 10.6. The fraction of sp³-hybridized carbons (Fsp3) is 0.250. The summed E-state index contributed by atoms with van der Waals surface area (Å²) in [6.07, 6.45) is 0. The average Bonchev–Trinajstić information content (AvgIpc) is 3.22. The van der Waals surface area contributed by atoms with E-state index in [-0.39, 0.29) is 5.69 Å². The van der Waals surface area contributed by atoms with Crippen molar-refractivity contribution in [2.75, 3.05) is 35.5 Å². The Morgan fingerprint density at radius 1 is 0.862 bits per heavy atom. The van der Waals surface area contributed by atoms with Crippen molar-refractivity contribution in [1.29, 1.82) is 0 Å². The highest BCUT2D eigenvalue weighted by Gasteiger charge is 2.25. The second-order valence-corrected chi connectivity index (χ2v) is 5.80. The molecule has 0 aliphatic heterocycles. The first-order valence-electron chi connectivity index (χ1n) is 8.56. The first kappa shape index (κ1) is 20.0. The number of hydrogen-bond acceptors (Lipinski definition) is 8. The summed E-state index contributed by atoms with van der Waals surface area (Å²) in [5.74, 6) is 1.37. The van der Waals surface area contributed by atoms with E-state index >= 15 is 0 Å². The van der Waals surface area contributed by atoms with Gasteiger partial charge in [-0.15, -0.1) is 5.10 Å². The molecule has 3 aromatic rings. The molecule has 0 unspecified atom stereocenters. The molecule has 9 nitrogen and oxygen atoms in total. The molecule has 0 bridgehead atoms. The molecule has 2 aromatic carbocycles. The third-order valence-electron chi connectivity index (χ3n) is 4.30. The number of benzene rings is 2. The lowest BCUT2D eigenvalue weighted by atomic mass is 10.1. The fourth-order valence-corrected chi connectivity index (χ4v) is 2.90. The van der Waals surface area contributed by atoms with Crippen LogP contribution in [0.15, 0.2) is 36.4 Å². The van der Waals surface area contributed by atoms with E-state index in [2.05, 4.69) is 10.3 Å². The predicted molar refractivity (Wildman–Crippen MR) is 104 cm³/mol. The lowest BCUT2D eigenvalue weighted by Gasteiger charge is -2.15. The number of esters is 1. The molecule has 0 atom stereocenters. The zero-order valence-corrected chi connectivity index (χ0v) is 16.8. The van der Waals surface area contributed by atoms with Gasteiger partial charge in [0.05, 0.1) is 41.2 Å². The van der Waals surface area contributed by atoms with Crippen molar-refractivity contribution in [2.24, 2.45) is 0 Å². The van der Waals surface area contributed by atoms with Crippen molar-refractivity contribution in [2.45, 2.75) is 0 Å². The fourth-order valence-electron chi connectivity index (χ4n) is 2.90. The Balaban J connectivity index is 2.26. The van der Waals surface area contributed by atoms with Gasteiger partial charge < -0.3 is 23.7 Å². The van der Waals surface area contributed by atoms with Gasteiger partial charge in [0, 0.05) is 5.56 Å². The average molecular weight is 399 g/mol. The normalized spacial score (nSPS) is 10.4. The highest BCUT2D eigenvalue weighted by molar-refractivity contribution is 5.95. The Kier molecular flexibility index (Phi) is 5.87. The lowest BCUT2D eigenvalue weighted by molar-refractivity contribution is 0.0595. The molecule has 9 heteroatoms. The molecular weight excluding hydrogens is 378 g/mol. The minimum atomic E-state index is -0.617.